The van der Waals surface area contributed by atoms with E-state index >= 15 is 0 Å². The first-order chi connectivity index (χ1) is 12.7. The smallest absolute Gasteiger partial charge is 0.228 e. The Labute approximate surface area is 161 Å². The molecule has 0 aromatic heterocycles. The lowest BCUT2D eigenvalue weighted by atomic mass is 10.1. The Bertz CT molecular complexity index is 845. The molecule has 0 bridgehead atoms. The molecule has 0 radical (unpaired) electrons. The molecule has 1 aromatic rings. The fraction of sp³-hybridized carbons (Fsp3) is 0.579. The number of nitrogens with zero attached hydrogens (tertiary/aromatic N) is 3. The van der Waals surface area contributed by atoms with Crippen molar-refractivity contribution in [3.05, 3.63) is 29.3 Å². The molecule has 1 aromatic carbocycles. The molecule has 2 fully saturated rings. The van der Waals surface area contributed by atoms with Gasteiger partial charge >= 0.3 is 0 Å². The number of amides is 2. The van der Waals surface area contributed by atoms with Gasteiger partial charge in [-0.05, 0) is 38.0 Å². The van der Waals surface area contributed by atoms with Crippen LogP contribution in [0.4, 0.5) is 5.69 Å². The van der Waals surface area contributed by atoms with Gasteiger partial charge in [0.25, 0.3) is 0 Å². The lowest BCUT2D eigenvalue weighted by Gasteiger charge is -2.35. The summed E-state index contributed by atoms with van der Waals surface area (Å²) >= 11 is 0. The van der Waals surface area contributed by atoms with Crippen molar-refractivity contribution in [3.8, 4) is 0 Å². The highest BCUT2D eigenvalue weighted by molar-refractivity contribution is 7.89. The third-order valence-corrected chi connectivity index (χ3v) is 7.53. The molecule has 1 unspecified atom stereocenters. The average Bonchev–Trinajstić information content (AvgIpc) is 3.05. The van der Waals surface area contributed by atoms with Crippen LogP contribution in [0.25, 0.3) is 0 Å². The lowest BCUT2D eigenvalue weighted by Crippen LogP contribution is -2.52. The second kappa shape index (κ2) is 7.59. The maximum absolute atomic E-state index is 12.9. The van der Waals surface area contributed by atoms with Gasteiger partial charge in [0.15, 0.2) is 0 Å². The van der Waals surface area contributed by atoms with Crippen LogP contribution in [0, 0.1) is 19.8 Å². The molecule has 2 saturated heterocycles. The highest BCUT2D eigenvalue weighted by Crippen LogP contribution is 2.30. The van der Waals surface area contributed by atoms with Crippen LogP contribution in [-0.2, 0) is 19.6 Å². The van der Waals surface area contributed by atoms with Crippen LogP contribution in [0.5, 0.6) is 0 Å². The maximum Gasteiger partial charge on any atom is 0.228 e. The van der Waals surface area contributed by atoms with Gasteiger partial charge in [-0.1, -0.05) is 12.1 Å². The molecule has 2 aliphatic heterocycles. The molecule has 1 atom stereocenters. The maximum atomic E-state index is 12.9. The van der Waals surface area contributed by atoms with E-state index in [-0.39, 0.29) is 29.9 Å². The third-order valence-electron chi connectivity index (χ3n) is 5.65. The van der Waals surface area contributed by atoms with E-state index in [9.17, 15) is 18.0 Å². The van der Waals surface area contributed by atoms with Crippen LogP contribution < -0.4 is 4.90 Å². The van der Waals surface area contributed by atoms with Crippen LogP contribution in [0.1, 0.15) is 24.5 Å². The van der Waals surface area contributed by atoms with Gasteiger partial charge in [-0.25, -0.2) is 8.42 Å². The van der Waals surface area contributed by atoms with E-state index in [1.54, 1.807) is 16.7 Å². The Kier molecular flexibility index (Phi) is 5.58. The second-order valence-corrected chi connectivity index (χ2v) is 9.51. The van der Waals surface area contributed by atoms with Crippen LogP contribution >= 0.6 is 0 Å². The Balaban J connectivity index is 1.66. The molecule has 27 heavy (non-hydrogen) atoms. The average molecular weight is 394 g/mol. The van der Waals surface area contributed by atoms with E-state index in [4.69, 9.17) is 0 Å². The van der Waals surface area contributed by atoms with Gasteiger partial charge in [-0.3, -0.25) is 9.59 Å². The summed E-state index contributed by atoms with van der Waals surface area (Å²) in [6.07, 6.45) is 0.208. The molecule has 0 spiro atoms. The topological polar surface area (TPSA) is 78.0 Å². The van der Waals surface area contributed by atoms with Crippen molar-refractivity contribution in [2.45, 2.75) is 27.2 Å². The molecule has 0 N–H and O–H groups in total. The highest BCUT2D eigenvalue weighted by atomic mass is 32.2. The molecule has 2 amide bonds. The summed E-state index contributed by atoms with van der Waals surface area (Å²) in [5, 5.41) is 0. The number of benzene rings is 1. The van der Waals surface area contributed by atoms with Gasteiger partial charge in [-0.15, -0.1) is 0 Å². The minimum atomic E-state index is -3.22. The van der Waals surface area contributed by atoms with Crippen molar-refractivity contribution in [2.75, 3.05) is 43.4 Å². The first-order valence-corrected chi connectivity index (χ1v) is 11.0. The second-order valence-electron chi connectivity index (χ2n) is 7.25. The Morgan fingerprint density at radius 3 is 2.44 bits per heavy atom. The summed E-state index contributed by atoms with van der Waals surface area (Å²) in [5.41, 5.74) is 3.04. The first-order valence-electron chi connectivity index (χ1n) is 9.37. The molecule has 2 aliphatic rings. The largest absolute Gasteiger partial charge is 0.340 e. The quantitative estimate of drug-likeness (QED) is 0.769. The number of rotatable bonds is 4. The first kappa shape index (κ1) is 19.8. The molecule has 7 nitrogen and oxygen atoms in total. The molecular formula is C19H27N3O4S. The fourth-order valence-electron chi connectivity index (χ4n) is 3.76. The van der Waals surface area contributed by atoms with E-state index < -0.39 is 10.0 Å². The molecule has 0 saturated carbocycles. The van der Waals surface area contributed by atoms with Gasteiger partial charge in [0.1, 0.15) is 0 Å². The number of carbonyl (C=O) groups is 2. The Hall–Kier alpha value is -1.93. The van der Waals surface area contributed by atoms with Crippen molar-refractivity contribution >= 4 is 27.5 Å². The van der Waals surface area contributed by atoms with Crippen molar-refractivity contribution in [3.63, 3.8) is 0 Å². The minimum absolute atomic E-state index is 0.0331. The van der Waals surface area contributed by atoms with Crippen molar-refractivity contribution in [2.24, 2.45) is 5.92 Å². The molecule has 2 heterocycles. The van der Waals surface area contributed by atoms with Crippen molar-refractivity contribution in [1.29, 1.82) is 0 Å². The molecule has 8 heteroatoms. The van der Waals surface area contributed by atoms with Crippen LogP contribution in [-0.4, -0.2) is 67.9 Å². The summed E-state index contributed by atoms with van der Waals surface area (Å²) < 4.78 is 25.4. The Morgan fingerprint density at radius 2 is 1.81 bits per heavy atom. The number of hydrogen-bond acceptors (Lipinski definition) is 4. The van der Waals surface area contributed by atoms with Crippen molar-refractivity contribution < 1.29 is 18.0 Å². The van der Waals surface area contributed by atoms with E-state index in [1.165, 1.54) is 4.31 Å². The van der Waals surface area contributed by atoms with Crippen LogP contribution in [0.2, 0.25) is 0 Å². The van der Waals surface area contributed by atoms with E-state index in [2.05, 4.69) is 0 Å². The zero-order chi connectivity index (χ0) is 19.8. The van der Waals surface area contributed by atoms with Crippen molar-refractivity contribution in [1.82, 2.24) is 9.21 Å². The van der Waals surface area contributed by atoms with Gasteiger partial charge in [-0.2, -0.15) is 4.31 Å². The van der Waals surface area contributed by atoms with Gasteiger partial charge in [0.05, 0.1) is 11.7 Å². The number of anilines is 1. The number of aryl methyl sites for hydroxylation is 1. The Morgan fingerprint density at radius 1 is 1.15 bits per heavy atom. The summed E-state index contributed by atoms with van der Waals surface area (Å²) in [4.78, 5) is 28.8. The van der Waals surface area contributed by atoms with Crippen LogP contribution in [0.15, 0.2) is 18.2 Å². The highest BCUT2D eigenvalue weighted by Gasteiger charge is 2.39. The normalized spacial score (nSPS) is 21.7. The monoisotopic (exact) mass is 393 g/mol. The number of carbonyl (C=O) groups excluding carboxylic acids is 2. The van der Waals surface area contributed by atoms with E-state index in [1.807, 2.05) is 32.0 Å². The van der Waals surface area contributed by atoms with Crippen LogP contribution in [0.3, 0.4) is 0 Å². The molecule has 3 rings (SSSR count). The summed E-state index contributed by atoms with van der Waals surface area (Å²) in [6.45, 7) is 7.41. The molecule has 0 aliphatic carbocycles. The standard InChI is InChI=1S/C19H27N3O4S/c1-4-27(25,26)21-10-8-20(9-11-21)19(24)16-12-18(23)22(13-16)17-7-5-6-14(2)15(17)3/h5-7,16H,4,8-13H2,1-3H3. The third kappa shape index (κ3) is 3.87. The molecular weight excluding hydrogens is 366 g/mol. The summed E-state index contributed by atoms with van der Waals surface area (Å²) in [5.74, 6) is -0.381. The fourth-order valence-corrected chi connectivity index (χ4v) is 4.85. The summed E-state index contributed by atoms with van der Waals surface area (Å²) in [7, 11) is -3.22. The van der Waals surface area contributed by atoms with Gasteiger partial charge in [0.2, 0.25) is 21.8 Å². The predicted molar refractivity (Wildman–Crippen MR) is 104 cm³/mol. The number of hydrogen-bond donors (Lipinski definition) is 0. The predicted octanol–water partition coefficient (Wildman–Crippen LogP) is 1.15. The molecule has 148 valence electrons. The summed E-state index contributed by atoms with van der Waals surface area (Å²) in [6, 6.07) is 5.85. The zero-order valence-corrected chi connectivity index (χ0v) is 17.0. The minimum Gasteiger partial charge on any atom is -0.340 e. The van der Waals surface area contributed by atoms with Gasteiger partial charge < -0.3 is 9.80 Å². The lowest BCUT2D eigenvalue weighted by molar-refractivity contribution is -0.136. The van der Waals surface area contributed by atoms with E-state index in [0.29, 0.717) is 32.7 Å². The number of sulfonamides is 1. The zero-order valence-electron chi connectivity index (χ0n) is 16.1. The SMILES string of the molecule is CCS(=O)(=O)N1CCN(C(=O)C2CC(=O)N(c3cccc(C)c3C)C2)CC1. The van der Waals surface area contributed by atoms with Gasteiger partial charge in [0, 0.05) is 44.8 Å². The number of piperazine rings is 1. The van der Waals surface area contributed by atoms with E-state index in [0.717, 1.165) is 16.8 Å².